The smallest absolute Gasteiger partial charge is 0.358 e. The molecule has 0 saturated heterocycles. The van der Waals surface area contributed by atoms with E-state index in [4.69, 9.17) is 4.74 Å². The van der Waals surface area contributed by atoms with Crippen LogP contribution in [0.5, 0.6) is 0 Å². The number of unbranched alkanes of at least 4 members (excludes halogenated alkanes) is 1. The number of carbonyl (C=O) groups is 3. The molecule has 0 aliphatic carbocycles. The molecule has 8 nitrogen and oxygen atoms in total. The Morgan fingerprint density at radius 1 is 0.964 bits per heavy atom. The van der Waals surface area contributed by atoms with Gasteiger partial charge in [-0.05, 0) is 37.5 Å². The Kier molecular flexibility index (Phi) is 5.98. The van der Waals surface area contributed by atoms with Crippen LogP contribution in [-0.2, 0) is 11.3 Å². The maximum absolute atomic E-state index is 12.3. The van der Waals surface area contributed by atoms with Crippen LogP contribution in [0.15, 0.2) is 41.2 Å². The van der Waals surface area contributed by atoms with Crippen molar-refractivity contribution in [2.24, 2.45) is 0 Å². The van der Waals surface area contributed by atoms with Gasteiger partial charge in [0.05, 0.1) is 17.7 Å². The van der Waals surface area contributed by atoms with Gasteiger partial charge in [0.25, 0.3) is 17.4 Å². The molecule has 3 rings (SSSR count). The van der Waals surface area contributed by atoms with Gasteiger partial charge in [-0.3, -0.25) is 19.3 Å². The van der Waals surface area contributed by atoms with Crippen LogP contribution >= 0.6 is 0 Å². The molecule has 146 valence electrons. The van der Waals surface area contributed by atoms with Gasteiger partial charge in [-0.25, -0.2) is 9.48 Å². The van der Waals surface area contributed by atoms with Gasteiger partial charge in [0.15, 0.2) is 5.69 Å². The van der Waals surface area contributed by atoms with Crippen molar-refractivity contribution in [3.8, 4) is 0 Å². The second-order valence-electron chi connectivity index (χ2n) is 6.43. The van der Waals surface area contributed by atoms with Crippen LogP contribution < -0.4 is 5.56 Å². The summed E-state index contributed by atoms with van der Waals surface area (Å²) < 4.78 is 6.41. The number of nitrogens with zero attached hydrogens (tertiary/aromatic N) is 3. The summed E-state index contributed by atoms with van der Waals surface area (Å²) in [6, 6.07) is 9.37. The van der Waals surface area contributed by atoms with Crippen LogP contribution in [0.3, 0.4) is 0 Å². The zero-order valence-corrected chi connectivity index (χ0v) is 15.6. The second-order valence-corrected chi connectivity index (χ2v) is 6.43. The Balaban J connectivity index is 1.46. The number of imide groups is 1. The largest absolute Gasteiger partial charge is 0.461 e. The highest BCUT2D eigenvalue weighted by atomic mass is 16.5. The van der Waals surface area contributed by atoms with Crippen LogP contribution in [0, 0.1) is 0 Å². The highest BCUT2D eigenvalue weighted by molar-refractivity contribution is 6.21. The van der Waals surface area contributed by atoms with Crippen molar-refractivity contribution < 1.29 is 19.1 Å². The minimum absolute atomic E-state index is 0.0772. The van der Waals surface area contributed by atoms with Gasteiger partial charge >= 0.3 is 5.97 Å². The molecule has 0 N–H and O–H groups in total. The van der Waals surface area contributed by atoms with Gasteiger partial charge < -0.3 is 4.74 Å². The molecular weight excluding hydrogens is 362 g/mol. The zero-order chi connectivity index (χ0) is 20.1. The zero-order valence-electron chi connectivity index (χ0n) is 15.6. The molecule has 0 unspecified atom stereocenters. The number of hydrogen-bond donors (Lipinski definition) is 0. The van der Waals surface area contributed by atoms with Crippen LogP contribution in [0.4, 0.5) is 0 Å². The molecule has 1 aromatic carbocycles. The number of aryl methyl sites for hydroxylation is 1. The van der Waals surface area contributed by atoms with Gasteiger partial charge in [-0.1, -0.05) is 19.1 Å². The molecule has 2 amide bonds. The molecule has 2 aromatic rings. The molecule has 1 aliphatic rings. The molecular formula is C20H21N3O5. The van der Waals surface area contributed by atoms with Crippen molar-refractivity contribution in [3.63, 3.8) is 0 Å². The summed E-state index contributed by atoms with van der Waals surface area (Å²) in [6.45, 7) is 2.74. The van der Waals surface area contributed by atoms with Crippen LogP contribution in [0.25, 0.3) is 0 Å². The van der Waals surface area contributed by atoms with E-state index in [2.05, 4.69) is 5.10 Å². The number of esters is 1. The summed E-state index contributed by atoms with van der Waals surface area (Å²) in [5, 5.41) is 4.00. The molecule has 0 saturated carbocycles. The van der Waals surface area contributed by atoms with Crippen molar-refractivity contribution in [1.82, 2.24) is 14.7 Å². The van der Waals surface area contributed by atoms with Crippen LogP contribution in [-0.4, -0.2) is 45.6 Å². The van der Waals surface area contributed by atoms with Gasteiger partial charge in [-0.15, -0.1) is 0 Å². The maximum atomic E-state index is 12.3. The summed E-state index contributed by atoms with van der Waals surface area (Å²) >= 11 is 0. The lowest BCUT2D eigenvalue weighted by Gasteiger charge is -2.13. The van der Waals surface area contributed by atoms with E-state index in [1.165, 1.54) is 21.7 Å². The molecule has 0 fully saturated rings. The molecule has 0 radical (unpaired) electrons. The molecule has 1 aromatic heterocycles. The van der Waals surface area contributed by atoms with Gasteiger partial charge in [-0.2, -0.15) is 5.10 Å². The second kappa shape index (κ2) is 8.60. The Bertz CT molecular complexity index is 931. The minimum Gasteiger partial charge on any atom is -0.461 e. The van der Waals surface area contributed by atoms with E-state index in [1.807, 2.05) is 6.92 Å². The predicted molar refractivity (Wildman–Crippen MR) is 100 cm³/mol. The van der Waals surface area contributed by atoms with Crippen LogP contribution in [0.2, 0.25) is 0 Å². The van der Waals surface area contributed by atoms with Crippen molar-refractivity contribution in [2.45, 2.75) is 32.7 Å². The highest BCUT2D eigenvalue weighted by Gasteiger charge is 2.34. The van der Waals surface area contributed by atoms with E-state index in [9.17, 15) is 19.2 Å². The molecule has 0 spiro atoms. The third kappa shape index (κ3) is 4.00. The average Bonchev–Trinajstić information content (AvgIpc) is 2.94. The minimum atomic E-state index is -0.606. The van der Waals surface area contributed by atoms with Gasteiger partial charge in [0.2, 0.25) is 0 Å². The number of ether oxygens (including phenoxy) is 1. The van der Waals surface area contributed by atoms with E-state index in [0.717, 1.165) is 6.42 Å². The fourth-order valence-corrected chi connectivity index (χ4v) is 2.98. The standard InChI is InChI=1S/C20H21N3O5/c1-2-11-23-17(24)10-9-16(21-23)20(27)28-13-6-5-12-22-18(25)14-7-3-4-8-15(14)19(22)26/h3-4,7-10H,2,5-6,11-13H2,1H3. The summed E-state index contributed by atoms with van der Waals surface area (Å²) in [6.07, 6.45) is 1.73. The quantitative estimate of drug-likeness (QED) is 0.392. The molecule has 2 heterocycles. The van der Waals surface area contributed by atoms with E-state index >= 15 is 0 Å². The Morgan fingerprint density at radius 2 is 1.64 bits per heavy atom. The number of amides is 2. The third-order valence-corrected chi connectivity index (χ3v) is 4.40. The fraction of sp³-hybridized carbons (Fsp3) is 0.350. The molecule has 0 bridgehead atoms. The summed E-state index contributed by atoms with van der Waals surface area (Å²) in [7, 11) is 0. The topological polar surface area (TPSA) is 98.6 Å². The van der Waals surface area contributed by atoms with E-state index in [-0.39, 0.29) is 36.2 Å². The first-order valence-corrected chi connectivity index (χ1v) is 9.23. The Labute approximate surface area is 161 Å². The predicted octanol–water partition coefficient (Wildman–Crippen LogP) is 1.89. The monoisotopic (exact) mass is 383 g/mol. The number of hydrogen-bond acceptors (Lipinski definition) is 6. The lowest BCUT2D eigenvalue weighted by molar-refractivity contribution is 0.0476. The number of rotatable bonds is 8. The lowest BCUT2D eigenvalue weighted by atomic mass is 10.1. The number of benzene rings is 1. The SMILES string of the molecule is CCCn1nc(C(=O)OCCCCN2C(=O)c3ccccc3C2=O)ccc1=O. The van der Waals surface area contributed by atoms with E-state index in [1.54, 1.807) is 24.3 Å². The normalized spacial score (nSPS) is 13.0. The van der Waals surface area contributed by atoms with Crippen LogP contribution in [0.1, 0.15) is 57.4 Å². The Morgan fingerprint density at radius 3 is 2.29 bits per heavy atom. The summed E-state index contributed by atoms with van der Waals surface area (Å²) in [4.78, 5) is 49.4. The van der Waals surface area contributed by atoms with Crippen molar-refractivity contribution >= 4 is 17.8 Å². The van der Waals surface area contributed by atoms with Crippen molar-refractivity contribution in [3.05, 3.63) is 63.6 Å². The van der Waals surface area contributed by atoms with Gasteiger partial charge in [0.1, 0.15) is 0 Å². The average molecular weight is 383 g/mol. The Hall–Kier alpha value is -3.29. The summed E-state index contributed by atoms with van der Waals surface area (Å²) in [5.74, 6) is -1.19. The first kappa shape index (κ1) is 19.5. The molecule has 8 heteroatoms. The first-order chi connectivity index (χ1) is 13.5. The van der Waals surface area contributed by atoms with Crippen molar-refractivity contribution in [2.75, 3.05) is 13.2 Å². The van der Waals surface area contributed by atoms with E-state index < -0.39 is 5.97 Å². The molecule has 28 heavy (non-hydrogen) atoms. The first-order valence-electron chi connectivity index (χ1n) is 9.23. The molecule has 0 atom stereocenters. The van der Waals surface area contributed by atoms with Gasteiger partial charge in [0, 0.05) is 19.2 Å². The molecule has 1 aliphatic heterocycles. The lowest BCUT2D eigenvalue weighted by Crippen LogP contribution is -2.30. The third-order valence-electron chi connectivity index (χ3n) is 4.40. The summed E-state index contributed by atoms with van der Waals surface area (Å²) in [5.41, 5.74) is 0.659. The number of fused-ring (bicyclic) bond motifs is 1. The number of aromatic nitrogens is 2. The highest BCUT2D eigenvalue weighted by Crippen LogP contribution is 2.22. The number of carbonyl (C=O) groups excluding carboxylic acids is 3. The maximum Gasteiger partial charge on any atom is 0.358 e. The van der Waals surface area contributed by atoms with E-state index in [0.29, 0.717) is 30.5 Å². The fourth-order valence-electron chi connectivity index (χ4n) is 2.98. The van der Waals surface area contributed by atoms with Crippen molar-refractivity contribution in [1.29, 1.82) is 0 Å².